The van der Waals surface area contributed by atoms with E-state index in [4.69, 9.17) is 5.11 Å². The van der Waals surface area contributed by atoms with Gasteiger partial charge in [0, 0.05) is 0 Å². The van der Waals surface area contributed by atoms with E-state index in [9.17, 15) is 15.0 Å². The number of phenols is 2. The quantitative estimate of drug-likeness (QED) is 0.735. The highest BCUT2D eigenvalue weighted by molar-refractivity contribution is 5.90. The van der Waals surface area contributed by atoms with Crippen molar-refractivity contribution in [2.45, 2.75) is 0 Å². The Bertz CT molecular complexity index is 615. The van der Waals surface area contributed by atoms with Crippen LogP contribution in [0.1, 0.15) is 10.4 Å². The molecule has 0 unspecified atom stereocenters. The molecule has 0 atom stereocenters. The van der Waals surface area contributed by atoms with Gasteiger partial charge in [-0.1, -0.05) is 18.2 Å². The maximum Gasteiger partial charge on any atom is 0.335 e. The molecule has 0 saturated carbocycles. The van der Waals surface area contributed by atoms with Crippen LogP contribution in [0.2, 0.25) is 0 Å². The van der Waals surface area contributed by atoms with E-state index in [1.54, 1.807) is 24.3 Å². The average Bonchev–Trinajstić information content (AvgIpc) is 2.38. The smallest absolute Gasteiger partial charge is 0.335 e. The van der Waals surface area contributed by atoms with Crippen LogP contribution < -0.4 is 0 Å². The molecule has 2 aromatic rings. The lowest BCUT2D eigenvalue weighted by molar-refractivity contribution is 0.0696. The lowest BCUT2D eigenvalue weighted by Crippen LogP contribution is -1.95. The van der Waals surface area contributed by atoms with Crippen molar-refractivity contribution in [3.8, 4) is 11.5 Å². The lowest BCUT2D eigenvalue weighted by atomic mass is 10.2. The fraction of sp³-hybridized carbons (Fsp3) is 0. The summed E-state index contributed by atoms with van der Waals surface area (Å²) < 4.78 is 0. The van der Waals surface area contributed by atoms with Crippen molar-refractivity contribution < 1.29 is 20.1 Å². The number of benzene rings is 2. The molecule has 19 heavy (non-hydrogen) atoms. The molecule has 0 saturated heterocycles. The summed E-state index contributed by atoms with van der Waals surface area (Å²) in [6.07, 6.45) is 0. The molecule has 6 nitrogen and oxygen atoms in total. The molecule has 0 amide bonds. The first kappa shape index (κ1) is 12.6. The van der Waals surface area contributed by atoms with Crippen LogP contribution in [0.15, 0.2) is 52.7 Å². The first-order valence-electron chi connectivity index (χ1n) is 5.34. The van der Waals surface area contributed by atoms with Gasteiger partial charge in [-0.2, -0.15) is 5.11 Å². The summed E-state index contributed by atoms with van der Waals surface area (Å²) in [4.78, 5) is 10.7. The Morgan fingerprint density at radius 3 is 2.05 bits per heavy atom. The van der Waals surface area contributed by atoms with Crippen LogP contribution in [0.5, 0.6) is 11.5 Å². The molecule has 0 aliphatic rings. The molecule has 0 aromatic heterocycles. The van der Waals surface area contributed by atoms with Gasteiger partial charge in [0.2, 0.25) is 0 Å². The number of phenolic OH excluding ortho intramolecular Hbond substituents is 2. The van der Waals surface area contributed by atoms with Crippen LogP contribution in [-0.4, -0.2) is 21.3 Å². The fourth-order valence-corrected chi connectivity index (χ4v) is 1.43. The van der Waals surface area contributed by atoms with Gasteiger partial charge in [0.25, 0.3) is 0 Å². The molecule has 2 rings (SSSR count). The molecular formula is C13H10N2O4. The Balaban J connectivity index is 2.36. The standard InChI is InChI=1S/C13H10N2O4/c16-10-6-8(13(18)19)7-11(17)12(10)15-14-9-4-2-1-3-5-9/h1-7,16-17H,(H,18,19). The number of carboxylic acids is 1. The highest BCUT2D eigenvalue weighted by Crippen LogP contribution is 2.38. The van der Waals surface area contributed by atoms with Crippen molar-refractivity contribution in [3.63, 3.8) is 0 Å². The molecule has 96 valence electrons. The molecule has 0 bridgehead atoms. The van der Waals surface area contributed by atoms with Crippen LogP contribution in [0.4, 0.5) is 11.4 Å². The third-order valence-electron chi connectivity index (χ3n) is 2.34. The second kappa shape index (κ2) is 5.18. The van der Waals surface area contributed by atoms with E-state index in [1.165, 1.54) is 0 Å². The SMILES string of the molecule is O=C(O)c1cc(O)c(N=Nc2ccccc2)c(O)c1. The Morgan fingerprint density at radius 2 is 1.53 bits per heavy atom. The average molecular weight is 258 g/mol. The number of azo groups is 1. The normalized spacial score (nSPS) is 10.7. The predicted molar refractivity (Wildman–Crippen MR) is 67.3 cm³/mol. The summed E-state index contributed by atoms with van der Waals surface area (Å²) in [5.74, 6) is -2.15. The molecule has 0 heterocycles. The molecule has 0 fully saturated rings. The van der Waals surface area contributed by atoms with E-state index in [1.807, 2.05) is 6.07 Å². The van der Waals surface area contributed by atoms with Crippen LogP contribution in [0.3, 0.4) is 0 Å². The number of carboxylic acid groups (broad SMARTS) is 1. The molecule has 0 aliphatic carbocycles. The fourth-order valence-electron chi connectivity index (χ4n) is 1.43. The molecule has 0 aliphatic heterocycles. The van der Waals surface area contributed by atoms with Gasteiger partial charge in [0.15, 0.2) is 5.69 Å². The zero-order valence-electron chi connectivity index (χ0n) is 9.69. The Morgan fingerprint density at radius 1 is 0.947 bits per heavy atom. The zero-order chi connectivity index (χ0) is 13.8. The second-order valence-corrected chi connectivity index (χ2v) is 3.70. The van der Waals surface area contributed by atoms with Gasteiger partial charge in [0.05, 0.1) is 11.3 Å². The van der Waals surface area contributed by atoms with E-state index in [2.05, 4.69) is 10.2 Å². The minimum absolute atomic E-state index is 0.172. The molecule has 0 radical (unpaired) electrons. The van der Waals surface area contributed by atoms with E-state index < -0.39 is 17.5 Å². The summed E-state index contributed by atoms with van der Waals surface area (Å²) >= 11 is 0. The van der Waals surface area contributed by atoms with Gasteiger partial charge >= 0.3 is 5.97 Å². The highest BCUT2D eigenvalue weighted by atomic mass is 16.4. The summed E-state index contributed by atoms with van der Waals surface area (Å²) in [5.41, 5.74) is 0.145. The number of nitrogens with zero attached hydrogens (tertiary/aromatic N) is 2. The van der Waals surface area contributed by atoms with E-state index in [-0.39, 0.29) is 11.3 Å². The van der Waals surface area contributed by atoms with Crippen molar-refractivity contribution >= 4 is 17.3 Å². The molecule has 3 N–H and O–H groups in total. The van der Waals surface area contributed by atoms with Crippen molar-refractivity contribution in [3.05, 3.63) is 48.0 Å². The van der Waals surface area contributed by atoms with Crippen LogP contribution >= 0.6 is 0 Å². The van der Waals surface area contributed by atoms with Crippen LogP contribution in [0.25, 0.3) is 0 Å². The summed E-state index contributed by atoms with van der Waals surface area (Å²) in [6, 6.07) is 10.7. The summed E-state index contributed by atoms with van der Waals surface area (Å²) in [5, 5.41) is 35.5. The van der Waals surface area contributed by atoms with Crippen LogP contribution in [0, 0.1) is 0 Å². The minimum Gasteiger partial charge on any atom is -0.505 e. The summed E-state index contributed by atoms with van der Waals surface area (Å²) in [7, 11) is 0. The van der Waals surface area contributed by atoms with Crippen molar-refractivity contribution in [1.29, 1.82) is 0 Å². The lowest BCUT2D eigenvalue weighted by Gasteiger charge is -2.03. The third kappa shape index (κ3) is 2.86. The topological polar surface area (TPSA) is 102 Å². The van der Waals surface area contributed by atoms with Gasteiger partial charge in [0.1, 0.15) is 11.5 Å². The molecular weight excluding hydrogens is 248 g/mol. The third-order valence-corrected chi connectivity index (χ3v) is 2.34. The predicted octanol–water partition coefficient (Wildman–Crippen LogP) is 3.21. The second-order valence-electron chi connectivity index (χ2n) is 3.70. The van der Waals surface area contributed by atoms with Gasteiger partial charge in [-0.3, -0.25) is 0 Å². The van der Waals surface area contributed by atoms with E-state index in [0.29, 0.717) is 5.69 Å². The number of rotatable bonds is 3. The zero-order valence-corrected chi connectivity index (χ0v) is 9.69. The molecule has 2 aromatic carbocycles. The molecule has 0 spiro atoms. The first-order chi connectivity index (χ1) is 9.08. The number of carbonyl (C=O) groups is 1. The van der Waals surface area contributed by atoms with Crippen LogP contribution in [-0.2, 0) is 0 Å². The largest absolute Gasteiger partial charge is 0.505 e. The maximum absolute atomic E-state index is 10.7. The van der Waals surface area contributed by atoms with Gasteiger partial charge < -0.3 is 15.3 Å². The molecule has 6 heteroatoms. The Labute approximate surface area is 108 Å². The van der Waals surface area contributed by atoms with Gasteiger partial charge in [-0.15, -0.1) is 5.11 Å². The monoisotopic (exact) mass is 258 g/mol. The van der Waals surface area contributed by atoms with Gasteiger partial charge in [-0.25, -0.2) is 4.79 Å². The van der Waals surface area contributed by atoms with Crippen molar-refractivity contribution in [1.82, 2.24) is 0 Å². The number of hydrogen-bond acceptors (Lipinski definition) is 5. The Kier molecular flexibility index (Phi) is 3.42. The van der Waals surface area contributed by atoms with Crippen molar-refractivity contribution in [2.75, 3.05) is 0 Å². The number of hydrogen-bond donors (Lipinski definition) is 3. The minimum atomic E-state index is -1.25. The first-order valence-corrected chi connectivity index (χ1v) is 5.34. The number of aromatic carboxylic acids is 1. The van der Waals surface area contributed by atoms with Crippen molar-refractivity contribution in [2.24, 2.45) is 10.2 Å². The van der Waals surface area contributed by atoms with Gasteiger partial charge in [-0.05, 0) is 24.3 Å². The Hall–Kier alpha value is -2.89. The summed E-state index contributed by atoms with van der Waals surface area (Å²) in [6.45, 7) is 0. The highest BCUT2D eigenvalue weighted by Gasteiger charge is 2.13. The maximum atomic E-state index is 10.7. The van der Waals surface area contributed by atoms with E-state index in [0.717, 1.165) is 12.1 Å². The number of aromatic hydroxyl groups is 2. The van der Waals surface area contributed by atoms with E-state index >= 15 is 0 Å².